The van der Waals surface area contributed by atoms with E-state index in [1.807, 2.05) is 42.5 Å². The van der Waals surface area contributed by atoms with Gasteiger partial charge in [-0.25, -0.2) is 9.48 Å². The standard InChI is InChI=1S/C23H31ClN4O3/c1-23(2,3)31-22(29)27-10-9-15-13-26(14-19(15)27)21-17-8-7-16(24)12-18(17)28(25-21)20-6-4-5-11-30-20/h7-8,12,15,19-20H,4-6,9-11,13-14H2,1-3H3. The summed E-state index contributed by atoms with van der Waals surface area (Å²) < 4.78 is 13.7. The Morgan fingerprint density at radius 1 is 1.23 bits per heavy atom. The largest absolute Gasteiger partial charge is 0.444 e. The van der Waals surface area contributed by atoms with Crippen molar-refractivity contribution in [3.8, 4) is 0 Å². The number of hydrogen-bond acceptors (Lipinski definition) is 5. The zero-order valence-corrected chi connectivity index (χ0v) is 19.3. The van der Waals surface area contributed by atoms with Gasteiger partial charge in [-0.2, -0.15) is 5.10 Å². The molecule has 3 aliphatic rings. The first kappa shape index (κ1) is 20.9. The summed E-state index contributed by atoms with van der Waals surface area (Å²) in [6.07, 6.45) is 3.93. The molecule has 1 amide bonds. The molecule has 7 nitrogen and oxygen atoms in total. The number of likely N-dealkylation sites (tertiary alicyclic amines) is 1. The lowest BCUT2D eigenvalue weighted by atomic mass is 10.1. The Balaban J connectivity index is 1.42. The van der Waals surface area contributed by atoms with Crippen molar-refractivity contribution in [2.24, 2.45) is 5.92 Å². The molecule has 3 atom stereocenters. The number of hydrogen-bond donors (Lipinski definition) is 0. The number of anilines is 1. The molecule has 3 unspecified atom stereocenters. The van der Waals surface area contributed by atoms with Crippen LogP contribution in [0.25, 0.3) is 10.9 Å². The van der Waals surface area contributed by atoms with Gasteiger partial charge in [0.15, 0.2) is 12.0 Å². The molecule has 1 aromatic carbocycles. The van der Waals surface area contributed by atoms with Crippen LogP contribution >= 0.6 is 11.6 Å². The summed E-state index contributed by atoms with van der Waals surface area (Å²) in [5, 5.41) is 6.80. The molecule has 0 N–H and O–H groups in total. The van der Waals surface area contributed by atoms with E-state index in [-0.39, 0.29) is 18.4 Å². The number of halogens is 1. The second-order valence-electron chi connectivity index (χ2n) is 9.95. The van der Waals surface area contributed by atoms with Crippen LogP contribution in [0.4, 0.5) is 10.6 Å². The van der Waals surface area contributed by atoms with Gasteiger partial charge < -0.3 is 19.3 Å². The molecule has 0 radical (unpaired) electrons. The Kier molecular flexibility index (Phi) is 5.29. The minimum atomic E-state index is -0.484. The van der Waals surface area contributed by atoms with Gasteiger partial charge in [-0.1, -0.05) is 11.6 Å². The molecule has 3 saturated heterocycles. The van der Waals surface area contributed by atoms with Gasteiger partial charge in [0, 0.05) is 42.6 Å². The van der Waals surface area contributed by atoms with Crippen molar-refractivity contribution in [2.45, 2.75) is 64.3 Å². The molecule has 31 heavy (non-hydrogen) atoms. The zero-order valence-electron chi connectivity index (χ0n) is 18.5. The Morgan fingerprint density at radius 2 is 2.06 bits per heavy atom. The van der Waals surface area contributed by atoms with Crippen molar-refractivity contribution in [2.75, 3.05) is 31.1 Å². The second-order valence-corrected chi connectivity index (χ2v) is 10.4. The highest BCUT2D eigenvalue weighted by Gasteiger charge is 2.45. The van der Waals surface area contributed by atoms with E-state index in [9.17, 15) is 4.79 Å². The van der Waals surface area contributed by atoms with Gasteiger partial charge in [0.1, 0.15) is 5.60 Å². The van der Waals surface area contributed by atoms with Crippen LogP contribution in [0.15, 0.2) is 18.2 Å². The number of amides is 1. The minimum Gasteiger partial charge on any atom is -0.444 e. The van der Waals surface area contributed by atoms with Gasteiger partial charge in [-0.3, -0.25) is 0 Å². The van der Waals surface area contributed by atoms with E-state index in [1.165, 1.54) is 0 Å². The highest BCUT2D eigenvalue weighted by Crippen LogP contribution is 2.39. The first-order valence-electron chi connectivity index (χ1n) is 11.3. The number of ether oxygens (including phenoxy) is 2. The molecule has 168 valence electrons. The topological polar surface area (TPSA) is 59.8 Å². The molecule has 0 bridgehead atoms. The predicted octanol–water partition coefficient (Wildman–Crippen LogP) is 4.83. The lowest BCUT2D eigenvalue weighted by molar-refractivity contribution is -0.0365. The number of nitrogens with zero attached hydrogens (tertiary/aromatic N) is 4. The van der Waals surface area contributed by atoms with Crippen LogP contribution in [-0.2, 0) is 9.47 Å². The highest BCUT2D eigenvalue weighted by atomic mass is 35.5. The summed E-state index contributed by atoms with van der Waals surface area (Å²) >= 11 is 6.33. The van der Waals surface area contributed by atoms with Gasteiger partial charge in [-0.15, -0.1) is 0 Å². The van der Waals surface area contributed by atoms with Crippen LogP contribution in [-0.4, -0.2) is 58.7 Å². The molecule has 1 aromatic heterocycles. The maximum atomic E-state index is 12.7. The molecule has 3 aliphatic heterocycles. The van der Waals surface area contributed by atoms with E-state index in [1.54, 1.807) is 0 Å². The van der Waals surface area contributed by atoms with E-state index in [2.05, 4.69) is 11.0 Å². The third-order valence-corrected chi connectivity index (χ3v) is 6.79. The lowest BCUT2D eigenvalue weighted by Gasteiger charge is -2.28. The molecule has 0 spiro atoms. The summed E-state index contributed by atoms with van der Waals surface area (Å²) in [6, 6.07) is 6.12. The van der Waals surface area contributed by atoms with Gasteiger partial charge >= 0.3 is 6.09 Å². The molecule has 4 heterocycles. The first-order valence-corrected chi connectivity index (χ1v) is 11.7. The molecular weight excluding hydrogens is 416 g/mol. The number of fused-ring (bicyclic) bond motifs is 2. The average molecular weight is 447 g/mol. The van der Waals surface area contributed by atoms with Gasteiger partial charge in [-0.05, 0) is 64.7 Å². The Hall–Kier alpha value is -1.99. The lowest BCUT2D eigenvalue weighted by Crippen LogP contribution is -2.42. The number of carbonyl (C=O) groups excluding carboxylic acids is 1. The van der Waals surface area contributed by atoms with Crippen molar-refractivity contribution in [3.05, 3.63) is 23.2 Å². The summed E-state index contributed by atoms with van der Waals surface area (Å²) in [5.41, 5.74) is 0.525. The molecule has 2 aromatic rings. The fraction of sp³-hybridized carbons (Fsp3) is 0.652. The third-order valence-electron chi connectivity index (χ3n) is 6.55. The quantitative estimate of drug-likeness (QED) is 0.660. The van der Waals surface area contributed by atoms with Gasteiger partial charge in [0.05, 0.1) is 11.6 Å². The van der Waals surface area contributed by atoms with Crippen molar-refractivity contribution in [1.29, 1.82) is 0 Å². The predicted molar refractivity (Wildman–Crippen MR) is 121 cm³/mol. The van der Waals surface area contributed by atoms with Crippen LogP contribution < -0.4 is 4.90 Å². The average Bonchev–Trinajstić information content (AvgIpc) is 3.38. The van der Waals surface area contributed by atoms with E-state index in [0.29, 0.717) is 10.9 Å². The number of carbonyl (C=O) groups is 1. The molecule has 3 fully saturated rings. The van der Waals surface area contributed by atoms with Gasteiger partial charge in [0.25, 0.3) is 0 Å². The summed E-state index contributed by atoms with van der Waals surface area (Å²) in [7, 11) is 0. The second kappa shape index (κ2) is 7.85. The van der Waals surface area contributed by atoms with Crippen molar-refractivity contribution >= 4 is 34.4 Å². The van der Waals surface area contributed by atoms with Crippen LogP contribution in [0.2, 0.25) is 5.02 Å². The summed E-state index contributed by atoms with van der Waals surface area (Å²) in [4.78, 5) is 17.0. The number of benzene rings is 1. The Bertz CT molecular complexity index is 979. The Morgan fingerprint density at radius 3 is 2.81 bits per heavy atom. The SMILES string of the molecule is CC(C)(C)OC(=O)N1CCC2CN(c3nn(C4CCCCO4)c4cc(Cl)ccc34)CC21. The maximum Gasteiger partial charge on any atom is 0.410 e. The molecule has 8 heteroatoms. The van der Waals surface area contributed by atoms with Crippen LogP contribution in [0.1, 0.15) is 52.7 Å². The Labute approximate surface area is 188 Å². The molecule has 5 rings (SSSR count). The monoisotopic (exact) mass is 446 g/mol. The van der Waals surface area contributed by atoms with Crippen LogP contribution in [0.5, 0.6) is 0 Å². The van der Waals surface area contributed by atoms with E-state index >= 15 is 0 Å². The number of aromatic nitrogens is 2. The highest BCUT2D eigenvalue weighted by molar-refractivity contribution is 6.31. The minimum absolute atomic E-state index is 0.0520. The van der Waals surface area contributed by atoms with Crippen LogP contribution in [0, 0.1) is 5.92 Å². The van der Waals surface area contributed by atoms with Crippen molar-refractivity contribution in [3.63, 3.8) is 0 Å². The van der Waals surface area contributed by atoms with E-state index < -0.39 is 5.60 Å². The summed E-state index contributed by atoms with van der Waals surface area (Å²) in [6.45, 7) is 8.93. The molecule has 0 aliphatic carbocycles. The van der Waals surface area contributed by atoms with Crippen molar-refractivity contribution < 1.29 is 14.3 Å². The van der Waals surface area contributed by atoms with Gasteiger partial charge in [0.2, 0.25) is 0 Å². The van der Waals surface area contributed by atoms with Crippen LogP contribution in [0.3, 0.4) is 0 Å². The maximum absolute atomic E-state index is 12.7. The fourth-order valence-electron chi connectivity index (χ4n) is 5.14. The number of rotatable bonds is 2. The molecule has 0 saturated carbocycles. The van der Waals surface area contributed by atoms with Crippen molar-refractivity contribution in [1.82, 2.24) is 14.7 Å². The smallest absolute Gasteiger partial charge is 0.410 e. The fourth-order valence-corrected chi connectivity index (χ4v) is 5.31. The zero-order chi connectivity index (χ0) is 21.8. The first-order chi connectivity index (χ1) is 14.8. The molecular formula is C23H31ClN4O3. The summed E-state index contributed by atoms with van der Waals surface area (Å²) in [5.74, 6) is 1.39. The van der Waals surface area contributed by atoms with E-state index in [0.717, 1.165) is 68.6 Å². The normalized spacial score (nSPS) is 26.5. The van der Waals surface area contributed by atoms with E-state index in [4.69, 9.17) is 26.2 Å². The third kappa shape index (κ3) is 3.98.